The Bertz CT molecular complexity index is 684. The van der Waals surface area contributed by atoms with E-state index in [1.54, 1.807) is 0 Å². The lowest BCUT2D eigenvalue weighted by Gasteiger charge is -2.04. The zero-order chi connectivity index (χ0) is 12.9. The van der Waals surface area contributed by atoms with E-state index >= 15 is 0 Å². The predicted octanol–water partition coefficient (Wildman–Crippen LogP) is 3.01. The summed E-state index contributed by atoms with van der Waals surface area (Å²) in [5.74, 6) is -0.536. The van der Waals surface area contributed by atoms with Gasteiger partial charge in [-0.15, -0.1) is 11.3 Å². The number of amides is 2. The fourth-order valence-electron chi connectivity index (χ4n) is 1.93. The van der Waals surface area contributed by atoms with E-state index in [-0.39, 0.29) is 11.8 Å². The van der Waals surface area contributed by atoms with Crippen LogP contribution in [0.4, 0.5) is 0 Å². The van der Waals surface area contributed by atoms with Gasteiger partial charge in [0, 0.05) is 16.6 Å². The number of likely N-dealkylation sites (N-methyl/N-ethyl adjacent to an activating group) is 1. The maximum Gasteiger partial charge on any atom is 0.268 e. The van der Waals surface area contributed by atoms with E-state index in [1.165, 1.54) is 18.4 Å². The number of hydrogen-bond acceptors (Lipinski definition) is 3. The van der Waals surface area contributed by atoms with E-state index in [0.717, 1.165) is 19.9 Å². The average Bonchev–Trinajstić information content (AvgIpc) is 2.86. The topological polar surface area (TPSA) is 37.4 Å². The van der Waals surface area contributed by atoms with E-state index in [4.69, 9.17) is 0 Å². The highest BCUT2D eigenvalue weighted by Crippen LogP contribution is 2.37. The first-order valence-corrected chi connectivity index (χ1v) is 6.91. The maximum atomic E-state index is 12.0. The molecule has 1 aliphatic rings. The molecule has 0 spiro atoms. The van der Waals surface area contributed by atoms with Crippen LogP contribution < -0.4 is 0 Å². The number of imide groups is 1. The van der Waals surface area contributed by atoms with Crippen molar-refractivity contribution in [2.45, 2.75) is 0 Å². The molecule has 3 nitrogen and oxygen atoms in total. The molecule has 2 heterocycles. The van der Waals surface area contributed by atoms with Crippen LogP contribution in [0.25, 0.3) is 15.7 Å². The number of nitrogens with zero attached hydrogens (tertiary/aromatic N) is 1. The first-order valence-electron chi connectivity index (χ1n) is 5.30. The summed E-state index contributed by atoms with van der Waals surface area (Å²) in [6.45, 7) is 0. The van der Waals surface area contributed by atoms with Crippen LogP contribution in [0.3, 0.4) is 0 Å². The number of fused-ring (bicyclic) bond motifs is 1. The summed E-state index contributed by atoms with van der Waals surface area (Å²) in [6, 6.07) is 9.86. The Labute approximate surface area is 116 Å². The Kier molecular flexibility index (Phi) is 2.60. The van der Waals surface area contributed by atoms with Gasteiger partial charge in [-0.25, -0.2) is 0 Å². The summed E-state index contributed by atoms with van der Waals surface area (Å²) in [4.78, 5) is 25.7. The van der Waals surface area contributed by atoms with Crippen LogP contribution in [0.2, 0.25) is 0 Å². The molecule has 0 radical (unpaired) electrons. The molecule has 0 N–H and O–H groups in total. The van der Waals surface area contributed by atoms with Crippen molar-refractivity contribution < 1.29 is 9.59 Å². The Balaban J connectivity index is 2.21. The van der Waals surface area contributed by atoms with Crippen molar-refractivity contribution in [1.82, 2.24) is 4.90 Å². The van der Waals surface area contributed by atoms with Crippen LogP contribution in [-0.2, 0) is 9.59 Å². The van der Waals surface area contributed by atoms with Crippen molar-refractivity contribution in [2.24, 2.45) is 0 Å². The lowest BCUT2D eigenvalue weighted by atomic mass is 10.2. The van der Waals surface area contributed by atoms with E-state index in [0.29, 0.717) is 10.1 Å². The van der Waals surface area contributed by atoms with Crippen molar-refractivity contribution in [3.8, 4) is 0 Å². The molecule has 1 aliphatic heterocycles. The van der Waals surface area contributed by atoms with Gasteiger partial charge in [-0.2, -0.15) is 0 Å². The maximum absolute atomic E-state index is 12.0. The number of carbonyl (C=O) groups is 2. The first kappa shape index (κ1) is 11.6. The first-order chi connectivity index (χ1) is 8.59. The van der Waals surface area contributed by atoms with E-state index in [9.17, 15) is 9.59 Å². The monoisotopic (exact) mass is 321 g/mol. The highest BCUT2D eigenvalue weighted by atomic mass is 79.9. The number of carbonyl (C=O) groups excluding carboxylic acids is 2. The molecule has 0 unspecified atom stereocenters. The zero-order valence-corrected chi connectivity index (χ0v) is 11.8. The largest absolute Gasteiger partial charge is 0.277 e. The Morgan fingerprint density at radius 3 is 2.50 bits per heavy atom. The molecular formula is C13H8BrNO2S. The van der Waals surface area contributed by atoms with E-state index < -0.39 is 0 Å². The predicted molar refractivity (Wildman–Crippen MR) is 75.4 cm³/mol. The third kappa shape index (κ3) is 1.54. The summed E-state index contributed by atoms with van der Waals surface area (Å²) in [5, 5.41) is 1.08. The van der Waals surface area contributed by atoms with Crippen molar-refractivity contribution in [3.63, 3.8) is 0 Å². The Morgan fingerprint density at radius 2 is 1.89 bits per heavy atom. The molecule has 0 bridgehead atoms. The summed E-state index contributed by atoms with van der Waals surface area (Å²) >= 11 is 4.74. The van der Waals surface area contributed by atoms with Crippen molar-refractivity contribution in [1.29, 1.82) is 0 Å². The van der Waals surface area contributed by atoms with Crippen molar-refractivity contribution >= 4 is 54.7 Å². The summed E-state index contributed by atoms with van der Waals surface area (Å²) in [6.07, 6.45) is 0. The van der Waals surface area contributed by atoms with Crippen molar-refractivity contribution in [2.75, 3.05) is 7.05 Å². The number of hydrogen-bond donors (Lipinski definition) is 0. The molecule has 0 atom stereocenters. The van der Waals surface area contributed by atoms with Crippen LogP contribution in [0.1, 0.15) is 4.88 Å². The van der Waals surface area contributed by atoms with Crippen molar-refractivity contribution in [3.05, 3.63) is 39.7 Å². The second-order valence-electron chi connectivity index (χ2n) is 4.01. The molecule has 0 saturated heterocycles. The fourth-order valence-corrected chi connectivity index (χ4v) is 3.81. The standard InChI is InChI=1S/C13H8BrNO2S/c1-15-12(16)10(11(14)13(15)17)9-6-7-4-2-3-5-8(7)18-9/h2-6H,1H3. The van der Waals surface area contributed by atoms with Gasteiger partial charge < -0.3 is 0 Å². The van der Waals surface area contributed by atoms with Gasteiger partial charge >= 0.3 is 0 Å². The van der Waals surface area contributed by atoms with Crippen LogP contribution in [0.15, 0.2) is 34.8 Å². The van der Waals surface area contributed by atoms with Crippen LogP contribution in [-0.4, -0.2) is 23.8 Å². The molecule has 0 aliphatic carbocycles. The summed E-state index contributed by atoms with van der Waals surface area (Å²) in [5.41, 5.74) is 0.462. The molecule has 2 aromatic rings. The fraction of sp³-hybridized carbons (Fsp3) is 0.0769. The van der Waals surface area contributed by atoms with Gasteiger partial charge in [-0.05, 0) is 33.4 Å². The van der Waals surface area contributed by atoms with Gasteiger partial charge in [0.25, 0.3) is 11.8 Å². The molecule has 1 aromatic heterocycles. The molecule has 90 valence electrons. The molecule has 0 fully saturated rings. The van der Waals surface area contributed by atoms with Gasteiger partial charge in [0.1, 0.15) is 0 Å². The van der Waals surface area contributed by atoms with Crippen LogP contribution in [0, 0.1) is 0 Å². The second-order valence-corrected chi connectivity index (χ2v) is 5.88. The molecule has 0 saturated carbocycles. The zero-order valence-electron chi connectivity index (χ0n) is 9.44. The molecule has 2 amide bonds. The second kappa shape index (κ2) is 4.03. The van der Waals surface area contributed by atoms with Gasteiger partial charge in [0.2, 0.25) is 0 Å². The average molecular weight is 322 g/mol. The van der Waals surface area contributed by atoms with Crippen LogP contribution in [0.5, 0.6) is 0 Å². The van der Waals surface area contributed by atoms with E-state index in [2.05, 4.69) is 15.9 Å². The molecular weight excluding hydrogens is 314 g/mol. The third-order valence-corrected chi connectivity index (χ3v) is 4.77. The molecule has 1 aromatic carbocycles. The molecule has 18 heavy (non-hydrogen) atoms. The van der Waals surface area contributed by atoms with E-state index in [1.807, 2.05) is 30.3 Å². The van der Waals surface area contributed by atoms with Gasteiger partial charge in [-0.3, -0.25) is 14.5 Å². The minimum atomic E-state index is -0.285. The lowest BCUT2D eigenvalue weighted by Crippen LogP contribution is -2.26. The smallest absolute Gasteiger partial charge is 0.268 e. The summed E-state index contributed by atoms with van der Waals surface area (Å²) < 4.78 is 1.46. The highest BCUT2D eigenvalue weighted by molar-refractivity contribution is 9.12. The SMILES string of the molecule is CN1C(=O)C(Br)=C(c2cc3ccccc3s2)C1=O. The Hall–Kier alpha value is -1.46. The third-order valence-electron chi connectivity index (χ3n) is 2.90. The van der Waals surface area contributed by atoms with Gasteiger partial charge in [0.05, 0.1) is 10.1 Å². The molecule has 3 rings (SSSR count). The van der Waals surface area contributed by atoms with Gasteiger partial charge in [-0.1, -0.05) is 18.2 Å². The summed E-state index contributed by atoms with van der Waals surface area (Å²) in [7, 11) is 1.49. The normalized spacial score (nSPS) is 16.2. The van der Waals surface area contributed by atoms with Gasteiger partial charge in [0.15, 0.2) is 0 Å². The quantitative estimate of drug-likeness (QED) is 0.757. The number of halogens is 1. The number of rotatable bonds is 1. The highest BCUT2D eigenvalue weighted by Gasteiger charge is 2.35. The molecule has 5 heteroatoms. The number of thiophene rings is 1. The lowest BCUT2D eigenvalue weighted by molar-refractivity contribution is -0.134. The van der Waals surface area contributed by atoms with Crippen LogP contribution >= 0.6 is 27.3 Å². The minimum absolute atomic E-state index is 0.251. The Morgan fingerprint density at radius 1 is 1.17 bits per heavy atom. The minimum Gasteiger partial charge on any atom is -0.277 e. The number of benzene rings is 1.